The second kappa shape index (κ2) is 24.9. The van der Waals surface area contributed by atoms with Gasteiger partial charge in [0.15, 0.2) is 0 Å². The molecule has 0 heterocycles. The Morgan fingerprint density at radius 1 is 0.636 bits per heavy atom. The first-order valence-electron chi connectivity index (χ1n) is 13.4. The molecular weight excluding hydrogens is 442 g/mol. The molecule has 2 N–H and O–H groups in total. The van der Waals surface area contributed by atoms with Crippen LogP contribution in [0.25, 0.3) is 0 Å². The zero-order valence-electron chi connectivity index (χ0n) is 21.9. The van der Waals surface area contributed by atoms with E-state index in [4.69, 9.17) is 10.2 Å². The third-order valence-electron chi connectivity index (χ3n) is 6.09. The van der Waals surface area contributed by atoms with Crippen molar-refractivity contribution in [3.05, 3.63) is 0 Å². The van der Waals surface area contributed by atoms with Crippen molar-refractivity contribution in [1.29, 1.82) is 0 Å². The maximum atomic E-state index is 9.45. The van der Waals surface area contributed by atoms with E-state index in [-0.39, 0.29) is 19.8 Å². The Balaban J connectivity index is 0. The molecule has 0 saturated carbocycles. The first-order valence-corrected chi connectivity index (χ1v) is 14.7. The van der Waals surface area contributed by atoms with E-state index < -0.39 is 10.4 Å². The summed E-state index contributed by atoms with van der Waals surface area (Å²) in [7, 11) is -2.27. The van der Waals surface area contributed by atoms with Crippen LogP contribution in [0.4, 0.5) is 0 Å². The van der Waals surface area contributed by atoms with E-state index in [1.165, 1.54) is 110 Å². The van der Waals surface area contributed by atoms with Gasteiger partial charge in [0.25, 0.3) is 0 Å². The molecule has 0 radical (unpaired) electrons. The van der Waals surface area contributed by atoms with Crippen LogP contribution < -0.4 is 0 Å². The maximum absolute atomic E-state index is 9.45. The van der Waals surface area contributed by atoms with Crippen molar-refractivity contribution in [2.45, 2.75) is 117 Å². The van der Waals surface area contributed by atoms with Gasteiger partial charge in [0.2, 0.25) is 10.4 Å². The largest absolute Gasteiger partial charge is 0.726 e. The van der Waals surface area contributed by atoms with Gasteiger partial charge in [-0.3, -0.25) is 4.18 Å². The van der Waals surface area contributed by atoms with E-state index in [1.54, 1.807) is 0 Å². The summed E-state index contributed by atoms with van der Waals surface area (Å²) in [4.78, 5) is 0. The molecule has 0 amide bonds. The highest BCUT2D eigenvalue weighted by molar-refractivity contribution is 7.80. The van der Waals surface area contributed by atoms with Gasteiger partial charge in [-0.2, -0.15) is 0 Å². The highest BCUT2D eigenvalue weighted by Crippen LogP contribution is 2.14. The molecule has 33 heavy (non-hydrogen) atoms. The van der Waals surface area contributed by atoms with Gasteiger partial charge in [-0.05, 0) is 19.8 Å². The first-order chi connectivity index (χ1) is 15.7. The minimum absolute atomic E-state index is 0.0914. The molecule has 0 aliphatic rings. The molecule has 0 spiro atoms. The highest BCUT2D eigenvalue weighted by Gasteiger charge is 2.19. The van der Waals surface area contributed by atoms with Crippen LogP contribution in [0.3, 0.4) is 0 Å². The van der Waals surface area contributed by atoms with Crippen LogP contribution in [-0.2, 0) is 14.6 Å². The molecule has 0 fully saturated rings. The van der Waals surface area contributed by atoms with Gasteiger partial charge in [-0.25, -0.2) is 8.42 Å². The molecule has 0 aromatic rings. The molecule has 0 unspecified atom stereocenters. The number of hydrogen-bond donors (Lipinski definition) is 2. The number of aliphatic hydroxyl groups excluding tert-OH is 2. The molecule has 0 aliphatic heterocycles. The average molecular weight is 498 g/mol. The zero-order chi connectivity index (χ0) is 25.3. The second-order valence-corrected chi connectivity index (χ2v) is 10.4. The van der Waals surface area contributed by atoms with Crippen molar-refractivity contribution in [2.75, 3.05) is 46.5 Å². The molecule has 0 aromatic carbocycles. The van der Waals surface area contributed by atoms with Crippen LogP contribution in [0.5, 0.6) is 0 Å². The van der Waals surface area contributed by atoms with Gasteiger partial charge in [0.1, 0.15) is 13.1 Å². The Morgan fingerprint density at radius 3 is 1.21 bits per heavy atom. The minimum atomic E-state index is -4.42. The summed E-state index contributed by atoms with van der Waals surface area (Å²) in [5.74, 6) is 0. The summed E-state index contributed by atoms with van der Waals surface area (Å²) in [5.41, 5.74) is 0. The lowest BCUT2D eigenvalue weighted by molar-refractivity contribution is -0.910. The zero-order valence-corrected chi connectivity index (χ0v) is 22.8. The lowest BCUT2D eigenvalue weighted by Crippen LogP contribution is -2.48. The second-order valence-electron chi connectivity index (χ2n) is 9.36. The minimum Gasteiger partial charge on any atom is -0.726 e. The Bertz CT molecular complexity index is 481. The fourth-order valence-corrected chi connectivity index (χ4v) is 4.29. The van der Waals surface area contributed by atoms with Crippen LogP contribution in [0, 0.1) is 0 Å². The average Bonchev–Trinajstić information content (AvgIpc) is 2.73. The van der Waals surface area contributed by atoms with Crippen LogP contribution in [-0.4, -0.2) is 74.2 Å². The molecular formula is C25H55NO6S. The van der Waals surface area contributed by atoms with E-state index in [9.17, 15) is 13.0 Å². The number of hydrogen-bond acceptors (Lipinski definition) is 6. The number of nitrogens with zero attached hydrogens (tertiary/aromatic N) is 1. The van der Waals surface area contributed by atoms with Gasteiger partial charge in [-0.1, -0.05) is 96.8 Å². The van der Waals surface area contributed by atoms with Crippen molar-refractivity contribution in [2.24, 2.45) is 0 Å². The van der Waals surface area contributed by atoms with Gasteiger partial charge < -0.3 is 19.2 Å². The summed E-state index contributed by atoms with van der Waals surface area (Å²) >= 11 is 0. The monoisotopic (exact) mass is 497 g/mol. The maximum Gasteiger partial charge on any atom is 0.217 e. The van der Waals surface area contributed by atoms with Crippen molar-refractivity contribution in [1.82, 2.24) is 0 Å². The molecule has 7 nitrogen and oxygen atoms in total. The van der Waals surface area contributed by atoms with Gasteiger partial charge in [-0.15, -0.1) is 0 Å². The van der Waals surface area contributed by atoms with Crippen LogP contribution in [0.15, 0.2) is 0 Å². The Kier molecular flexibility index (Phi) is 26.3. The molecule has 0 aliphatic carbocycles. The fourth-order valence-electron chi connectivity index (χ4n) is 4.00. The van der Waals surface area contributed by atoms with Crippen LogP contribution in [0.2, 0.25) is 0 Å². The van der Waals surface area contributed by atoms with E-state index in [2.05, 4.69) is 18.2 Å². The summed E-state index contributed by atoms with van der Waals surface area (Å²) in [6.45, 7) is 6.66. The number of quaternary nitrogens is 1. The molecule has 0 rings (SSSR count). The highest BCUT2D eigenvalue weighted by atomic mass is 32.3. The van der Waals surface area contributed by atoms with E-state index >= 15 is 0 Å². The molecule has 202 valence electrons. The Labute approximate surface area is 205 Å². The standard InChI is InChI=1S/C23H50NO2.C2H6O4S/c1-3-4-5-6-7-8-9-10-11-12-13-14-15-16-17-18-19-24(2,20-22-25)21-23-26;1-2-6-7(3,4)5/h25-26H,3-23H2,1-2H3;2H2,1H3,(H,3,4,5)/q+1;/p-1. The van der Waals surface area contributed by atoms with E-state index in [1.807, 2.05) is 0 Å². The van der Waals surface area contributed by atoms with E-state index in [0.29, 0.717) is 0 Å². The van der Waals surface area contributed by atoms with Crippen molar-refractivity contribution >= 4 is 10.4 Å². The lowest BCUT2D eigenvalue weighted by Gasteiger charge is -2.33. The molecule has 0 saturated heterocycles. The third kappa shape index (κ3) is 29.7. The van der Waals surface area contributed by atoms with Crippen molar-refractivity contribution in [3.8, 4) is 0 Å². The summed E-state index contributed by atoms with van der Waals surface area (Å²) in [5, 5.41) is 18.3. The SMILES string of the molecule is CCCCCCCCCCCCCCCCCC[N+](C)(CCO)CCO.CCOS(=O)(=O)[O-]. The van der Waals surface area contributed by atoms with Crippen LogP contribution >= 0.6 is 0 Å². The summed E-state index contributed by atoms with van der Waals surface area (Å²) in [6.07, 6.45) is 22.4. The van der Waals surface area contributed by atoms with Crippen LogP contribution in [0.1, 0.15) is 117 Å². The Hall–Kier alpha value is -0.250. The lowest BCUT2D eigenvalue weighted by atomic mass is 10.0. The summed E-state index contributed by atoms with van der Waals surface area (Å²) in [6, 6.07) is 0. The third-order valence-corrected chi connectivity index (χ3v) is 6.62. The number of aliphatic hydroxyl groups is 2. The van der Waals surface area contributed by atoms with E-state index in [0.717, 1.165) is 24.1 Å². The van der Waals surface area contributed by atoms with Gasteiger partial charge in [0.05, 0.1) is 33.4 Å². The quantitative estimate of drug-likeness (QED) is 0.0873. The van der Waals surface area contributed by atoms with Gasteiger partial charge in [0, 0.05) is 0 Å². The molecule has 0 aromatic heterocycles. The topological polar surface area (TPSA) is 107 Å². The van der Waals surface area contributed by atoms with Crippen molar-refractivity contribution in [3.63, 3.8) is 0 Å². The number of unbranched alkanes of at least 4 members (excludes halogenated alkanes) is 15. The summed E-state index contributed by atoms with van der Waals surface area (Å²) < 4.78 is 32.8. The predicted molar refractivity (Wildman–Crippen MR) is 136 cm³/mol. The predicted octanol–water partition coefficient (Wildman–Crippen LogP) is 5.16. The fraction of sp³-hybridized carbons (Fsp3) is 1.00. The molecule has 0 bridgehead atoms. The number of rotatable bonds is 23. The number of likely N-dealkylation sites (N-methyl/N-ethyl adjacent to an activating group) is 1. The first kappa shape index (κ1) is 34.9. The molecule has 8 heteroatoms. The Morgan fingerprint density at radius 2 is 0.970 bits per heavy atom. The molecule has 0 atom stereocenters. The normalized spacial score (nSPS) is 11.9. The van der Waals surface area contributed by atoms with Gasteiger partial charge >= 0.3 is 0 Å². The smallest absolute Gasteiger partial charge is 0.217 e. The van der Waals surface area contributed by atoms with Crippen molar-refractivity contribution < 1.29 is 31.8 Å².